The Labute approximate surface area is 126 Å². The number of guanidine groups is 1. The lowest BCUT2D eigenvalue weighted by atomic mass is 10.3. The third-order valence-corrected chi connectivity index (χ3v) is 3.59. The number of aliphatic imine (C=N–C) groups is 1. The highest BCUT2D eigenvalue weighted by atomic mass is 16.5. The van der Waals surface area contributed by atoms with Gasteiger partial charge in [-0.2, -0.15) is 0 Å². The molecule has 0 saturated carbocycles. The number of hydrogen-bond acceptors (Lipinski definition) is 4. The molecule has 2 heterocycles. The zero-order chi connectivity index (χ0) is 14.9. The number of nitrogens with zero attached hydrogens (tertiary/aromatic N) is 4. The molecule has 21 heavy (non-hydrogen) atoms. The van der Waals surface area contributed by atoms with Gasteiger partial charge in [0, 0.05) is 52.4 Å². The Kier molecular flexibility index (Phi) is 6.27. The SMILES string of the molecule is C/C=C/CCNC(=NC)N1CCN(Cc2ccon2)CC1. The molecule has 0 unspecified atom stereocenters. The first kappa shape index (κ1) is 15.6. The monoisotopic (exact) mass is 291 g/mol. The van der Waals surface area contributed by atoms with Crippen LogP contribution in [0, 0.1) is 0 Å². The lowest BCUT2D eigenvalue weighted by Crippen LogP contribution is -2.52. The normalized spacial score (nSPS) is 17.6. The second-order valence-corrected chi connectivity index (χ2v) is 5.09. The Hall–Kier alpha value is -1.82. The molecule has 0 aromatic carbocycles. The van der Waals surface area contributed by atoms with Crippen molar-refractivity contribution in [1.29, 1.82) is 0 Å². The van der Waals surface area contributed by atoms with Crippen molar-refractivity contribution in [3.05, 3.63) is 30.2 Å². The average Bonchev–Trinajstić information content (AvgIpc) is 3.02. The number of rotatable bonds is 5. The predicted molar refractivity (Wildman–Crippen MR) is 84.1 cm³/mol. The van der Waals surface area contributed by atoms with Crippen molar-refractivity contribution < 1.29 is 4.52 Å². The molecule has 2 rings (SSSR count). The molecule has 1 saturated heterocycles. The predicted octanol–water partition coefficient (Wildman–Crippen LogP) is 1.33. The molecule has 1 aromatic heterocycles. The van der Waals surface area contributed by atoms with Crippen LogP contribution in [0.3, 0.4) is 0 Å². The van der Waals surface area contributed by atoms with Crippen LogP contribution in [0.5, 0.6) is 0 Å². The summed E-state index contributed by atoms with van der Waals surface area (Å²) in [6.07, 6.45) is 6.90. The topological polar surface area (TPSA) is 56.9 Å². The van der Waals surface area contributed by atoms with Crippen molar-refractivity contribution >= 4 is 5.96 Å². The molecule has 1 aliphatic heterocycles. The molecule has 1 fully saturated rings. The molecular formula is C15H25N5O. The van der Waals surface area contributed by atoms with Crippen molar-refractivity contribution in [2.24, 2.45) is 4.99 Å². The molecule has 0 radical (unpaired) electrons. The van der Waals surface area contributed by atoms with E-state index in [2.05, 4.69) is 37.4 Å². The maximum atomic E-state index is 4.88. The lowest BCUT2D eigenvalue weighted by molar-refractivity contribution is 0.169. The number of hydrogen-bond donors (Lipinski definition) is 1. The third-order valence-electron chi connectivity index (χ3n) is 3.59. The van der Waals surface area contributed by atoms with E-state index >= 15 is 0 Å². The number of nitrogens with one attached hydrogen (secondary N) is 1. The van der Waals surface area contributed by atoms with E-state index in [0.717, 1.165) is 57.3 Å². The van der Waals surface area contributed by atoms with Crippen molar-refractivity contribution in [3.8, 4) is 0 Å². The summed E-state index contributed by atoms with van der Waals surface area (Å²) in [5, 5.41) is 7.38. The van der Waals surface area contributed by atoms with E-state index < -0.39 is 0 Å². The van der Waals surface area contributed by atoms with E-state index in [0.29, 0.717) is 0 Å². The van der Waals surface area contributed by atoms with E-state index in [1.807, 2.05) is 20.0 Å². The van der Waals surface area contributed by atoms with Gasteiger partial charge in [0.1, 0.15) is 6.26 Å². The van der Waals surface area contributed by atoms with E-state index in [1.54, 1.807) is 6.26 Å². The highest BCUT2D eigenvalue weighted by Gasteiger charge is 2.19. The van der Waals surface area contributed by atoms with Gasteiger partial charge in [0.15, 0.2) is 5.96 Å². The fraction of sp³-hybridized carbons (Fsp3) is 0.600. The second kappa shape index (κ2) is 8.46. The van der Waals surface area contributed by atoms with Gasteiger partial charge in [-0.25, -0.2) is 0 Å². The van der Waals surface area contributed by atoms with Gasteiger partial charge in [0.2, 0.25) is 0 Å². The Balaban J connectivity index is 1.73. The van der Waals surface area contributed by atoms with E-state index in [-0.39, 0.29) is 0 Å². The van der Waals surface area contributed by atoms with Crippen LogP contribution in [0.25, 0.3) is 0 Å². The van der Waals surface area contributed by atoms with Crippen molar-refractivity contribution in [2.45, 2.75) is 19.9 Å². The van der Waals surface area contributed by atoms with Gasteiger partial charge in [-0.1, -0.05) is 17.3 Å². The highest BCUT2D eigenvalue weighted by molar-refractivity contribution is 5.79. The fourth-order valence-corrected chi connectivity index (χ4v) is 2.43. The Morgan fingerprint density at radius 1 is 1.43 bits per heavy atom. The molecule has 1 aliphatic rings. The van der Waals surface area contributed by atoms with Gasteiger partial charge in [-0.3, -0.25) is 9.89 Å². The second-order valence-electron chi connectivity index (χ2n) is 5.09. The summed E-state index contributed by atoms with van der Waals surface area (Å²) in [6, 6.07) is 1.92. The van der Waals surface area contributed by atoms with Gasteiger partial charge in [-0.15, -0.1) is 0 Å². The smallest absolute Gasteiger partial charge is 0.193 e. The molecule has 0 aliphatic carbocycles. The van der Waals surface area contributed by atoms with Gasteiger partial charge >= 0.3 is 0 Å². The van der Waals surface area contributed by atoms with E-state index in [9.17, 15) is 0 Å². The minimum atomic E-state index is 0.859. The zero-order valence-corrected chi connectivity index (χ0v) is 13.0. The number of aromatic nitrogens is 1. The first-order valence-corrected chi connectivity index (χ1v) is 7.52. The molecule has 0 bridgehead atoms. The Bertz CT molecular complexity index is 447. The van der Waals surface area contributed by atoms with Crippen molar-refractivity contribution in [2.75, 3.05) is 39.8 Å². The highest BCUT2D eigenvalue weighted by Crippen LogP contribution is 2.07. The summed E-state index contributed by atoms with van der Waals surface area (Å²) in [5.41, 5.74) is 0.998. The summed E-state index contributed by atoms with van der Waals surface area (Å²) < 4.78 is 4.88. The fourth-order valence-electron chi connectivity index (χ4n) is 2.43. The van der Waals surface area contributed by atoms with Crippen LogP contribution >= 0.6 is 0 Å². The first-order chi connectivity index (χ1) is 10.3. The molecule has 6 nitrogen and oxygen atoms in total. The van der Waals surface area contributed by atoms with Crippen LogP contribution in [0.4, 0.5) is 0 Å². The molecule has 1 aromatic rings. The first-order valence-electron chi connectivity index (χ1n) is 7.52. The maximum absolute atomic E-state index is 4.88. The standard InChI is InChI=1S/C15H25N5O/c1-3-4-5-7-17-15(16-2)20-10-8-19(9-11-20)13-14-6-12-21-18-14/h3-4,6,12H,5,7-11,13H2,1-2H3,(H,16,17)/b4-3+. The minimum Gasteiger partial charge on any atom is -0.364 e. The summed E-state index contributed by atoms with van der Waals surface area (Å²) in [4.78, 5) is 9.08. The van der Waals surface area contributed by atoms with Crippen LogP contribution in [0.15, 0.2) is 34.0 Å². The molecular weight excluding hydrogens is 266 g/mol. The van der Waals surface area contributed by atoms with Crippen LogP contribution in [-0.4, -0.2) is 60.7 Å². The van der Waals surface area contributed by atoms with Gasteiger partial charge < -0.3 is 14.7 Å². The van der Waals surface area contributed by atoms with Gasteiger partial charge in [0.25, 0.3) is 0 Å². The quantitative estimate of drug-likeness (QED) is 0.384. The molecule has 0 atom stereocenters. The van der Waals surface area contributed by atoms with Crippen LogP contribution in [0.1, 0.15) is 19.0 Å². The van der Waals surface area contributed by atoms with Crippen molar-refractivity contribution in [3.63, 3.8) is 0 Å². The molecule has 1 N–H and O–H groups in total. The van der Waals surface area contributed by atoms with Crippen LogP contribution in [0.2, 0.25) is 0 Å². The summed E-state index contributed by atoms with van der Waals surface area (Å²) in [5.74, 6) is 1.00. The lowest BCUT2D eigenvalue weighted by Gasteiger charge is -2.36. The minimum absolute atomic E-state index is 0.859. The molecule has 0 spiro atoms. The Morgan fingerprint density at radius 3 is 2.86 bits per heavy atom. The van der Waals surface area contributed by atoms with Crippen molar-refractivity contribution in [1.82, 2.24) is 20.3 Å². The summed E-state index contributed by atoms with van der Waals surface area (Å²) in [7, 11) is 1.85. The zero-order valence-electron chi connectivity index (χ0n) is 13.0. The van der Waals surface area contributed by atoms with Crippen LogP contribution < -0.4 is 5.32 Å². The third kappa shape index (κ3) is 4.90. The largest absolute Gasteiger partial charge is 0.364 e. The summed E-state index contributed by atoms with van der Waals surface area (Å²) >= 11 is 0. The van der Waals surface area contributed by atoms with Gasteiger partial charge in [0.05, 0.1) is 5.69 Å². The summed E-state index contributed by atoms with van der Waals surface area (Å²) in [6.45, 7) is 7.84. The average molecular weight is 291 g/mol. The van der Waals surface area contributed by atoms with E-state index in [1.165, 1.54) is 0 Å². The van der Waals surface area contributed by atoms with Crippen LogP contribution in [-0.2, 0) is 6.54 Å². The molecule has 0 amide bonds. The molecule has 116 valence electrons. The molecule has 6 heteroatoms. The Morgan fingerprint density at radius 2 is 2.24 bits per heavy atom. The number of piperazine rings is 1. The van der Waals surface area contributed by atoms with Gasteiger partial charge in [-0.05, 0) is 13.3 Å². The van der Waals surface area contributed by atoms with E-state index in [4.69, 9.17) is 4.52 Å². The number of allylic oxidation sites excluding steroid dienone is 1. The maximum Gasteiger partial charge on any atom is 0.193 e.